The highest BCUT2D eigenvalue weighted by atomic mass is 32.2. The van der Waals surface area contributed by atoms with Gasteiger partial charge < -0.3 is 4.90 Å². The first-order chi connectivity index (χ1) is 11.5. The number of hydrogen-bond donors (Lipinski definition) is 0. The first-order valence-electron chi connectivity index (χ1n) is 8.00. The first kappa shape index (κ1) is 15.4. The molecule has 4 rings (SSSR count). The van der Waals surface area contributed by atoms with Crippen molar-refractivity contribution in [3.63, 3.8) is 0 Å². The average Bonchev–Trinajstić information content (AvgIpc) is 2.91. The maximum Gasteiger partial charge on any atom is 0.264 e. The zero-order chi connectivity index (χ0) is 16.7. The summed E-state index contributed by atoms with van der Waals surface area (Å²) < 4.78 is 30.0. The summed E-state index contributed by atoms with van der Waals surface area (Å²) in [6, 6.07) is 12.1. The standard InChI is InChI=1S/C17H19N3O3S/c1-24(21,22)23-14-5-4-9-19(12-14)13-8-10-20-16-7-3-2-6-15(16)18-17(20)11-13/h2-3,6-8,10-11,14H,4-5,9,12H2,1H3. The summed E-state index contributed by atoms with van der Waals surface area (Å²) in [4.78, 5) is 6.82. The Kier molecular flexibility index (Phi) is 3.69. The SMILES string of the molecule is CS(=O)(=O)OC1CCCN(c2ccn3c(c2)nc2ccccc23)C1. The minimum Gasteiger partial charge on any atom is -0.369 e. The lowest BCUT2D eigenvalue weighted by Crippen LogP contribution is -2.40. The van der Waals surface area contributed by atoms with Crippen molar-refractivity contribution in [2.75, 3.05) is 24.2 Å². The second-order valence-electron chi connectivity index (χ2n) is 6.22. The average molecular weight is 345 g/mol. The summed E-state index contributed by atoms with van der Waals surface area (Å²) in [5, 5.41) is 0. The van der Waals surface area contributed by atoms with Crippen LogP contribution in [0, 0.1) is 0 Å². The van der Waals surface area contributed by atoms with Gasteiger partial charge in [0.15, 0.2) is 0 Å². The molecule has 3 aromatic rings. The van der Waals surface area contributed by atoms with Crippen LogP contribution in [0.3, 0.4) is 0 Å². The Morgan fingerprint density at radius 1 is 1.25 bits per heavy atom. The molecule has 2 aromatic heterocycles. The van der Waals surface area contributed by atoms with E-state index < -0.39 is 10.1 Å². The lowest BCUT2D eigenvalue weighted by molar-refractivity contribution is 0.188. The second kappa shape index (κ2) is 5.75. The van der Waals surface area contributed by atoms with Crippen molar-refractivity contribution in [2.24, 2.45) is 0 Å². The quantitative estimate of drug-likeness (QED) is 0.682. The molecule has 1 fully saturated rings. The molecule has 0 saturated carbocycles. The molecule has 1 aliphatic heterocycles. The van der Waals surface area contributed by atoms with Crippen LogP contribution in [0.1, 0.15) is 12.8 Å². The summed E-state index contributed by atoms with van der Waals surface area (Å²) >= 11 is 0. The first-order valence-corrected chi connectivity index (χ1v) is 9.81. The van der Waals surface area contributed by atoms with Gasteiger partial charge in [0.1, 0.15) is 5.65 Å². The van der Waals surface area contributed by atoms with E-state index in [2.05, 4.69) is 14.3 Å². The molecular weight excluding hydrogens is 326 g/mol. The third-order valence-electron chi connectivity index (χ3n) is 4.35. The molecule has 1 aliphatic rings. The van der Waals surface area contributed by atoms with Gasteiger partial charge in [-0.15, -0.1) is 0 Å². The molecule has 24 heavy (non-hydrogen) atoms. The van der Waals surface area contributed by atoms with Crippen molar-refractivity contribution in [3.8, 4) is 0 Å². The number of nitrogens with zero attached hydrogens (tertiary/aromatic N) is 3. The molecule has 0 spiro atoms. The van der Waals surface area contributed by atoms with E-state index in [1.807, 2.05) is 42.6 Å². The van der Waals surface area contributed by atoms with Crippen LogP contribution in [0.4, 0.5) is 5.69 Å². The van der Waals surface area contributed by atoms with Gasteiger partial charge in [0.2, 0.25) is 0 Å². The molecule has 3 heterocycles. The van der Waals surface area contributed by atoms with Crippen LogP contribution in [0.5, 0.6) is 0 Å². The number of imidazole rings is 1. The highest BCUT2D eigenvalue weighted by Gasteiger charge is 2.24. The van der Waals surface area contributed by atoms with Gasteiger partial charge >= 0.3 is 0 Å². The van der Waals surface area contributed by atoms with Crippen molar-refractivity contribution in [1.29, 1.82) is 0 Å². The number of hydrogen-bond acceptors (Lipinski definition) is 5. The number of para-hydroxylation sites is 2. The van der Waals surface area contributed by atoms with Gasteiger partial charge in [-0.05, 0) is 31.0 Å². The molecule has 7 heteroatoms. The zero-order valence-electron chi connectivity index (χ0n) is 13.4. The third kappa shape index (κ3) is 2.97. The third-order valence-corrected chi connectivity index (χ3v) is 4.97. The predicted molar refractivity (Wildman–Crippen MR) is 93.9 cm³/mol. The van der Waals surface area contributed by atoms with Gasteiger partial charge in [0.25, 0.3) is 10.1 Å². The van der Waals surface area contributed by atoms with E-state index in [1.165, 1.54) is 0 Å². The summed E-state index contributed by atoms with van der Waals surface area (Å²) in [5.41, 5.74) is 3.97. The number of aromatic nitrogens is 2. The highest BCUT2D eigenvalue weighted by molar-refractivity contribution is 7.86. The van der Waals surface area contributed by atoms with Crippen molar-refractivity contribution >= 4 is 32.5 Å². The molecule has 1 aromatic carbocycles. The number of benzene rings is 1. The van der Waals surface area contributed by atoms with Crippen molar-refractivity contribution in [1.82, 2.24) is 9.38 Å². The molecule has 0 aliphatic carbocycles. The minimum atomic E-state index is -3.42. The minimum absolute atomic E-state index is 0.288. The summed E-state index contributed by atoms with van der Waals surface area (Å²) in [6.45, 7) is 1.46. The van der Waals surface area contributed by atoms with Crippen LogP contribution in [0.2, 0.25) is 0 Å². The van der Waals surface area contributed by atoms with Crippen LogP contribution >= 0.6 is 0 Å². The fourth-order valence-electron chi connectivity index (χ4n) is 3.35. The van der Waals surface area contributed by atoms with Gasteiger partial charge in [-0.25, -0.2) is 4.98 Å². The maximum atomic E-state index is 11.4. The Bertz CT molecular complexity index is 997. The smallest absolute Gasteiger partial charge is 0.264 e. The maximum absolute atomic E-state index is 11.4. The number of fused-ring (bicyclic) bond motifs is 3. The Labute approximate surface area is 140 Å². The van der Waals surface area contributed by atoms with Crippen molar-refractivity contribution < 1.29 is 12.6 Å². The van der Waals surface area contributed by atoms with E-state index in [0.717, 1.165) is 48.0 Å². The zero-order valence-corrected chi connectivity index (χ0v) is 14.2. The van der Waals surface area contributed by atoms with E-state index in [9.17, 15) is 8.42 Å². The Balaban J connectivity index is 1.64. The fourth-order valence-corrected chi connectivity index (χ4v) is 4.00. The number of piperidine rings is 1. The molecule has 6 nitrogen and oxygen atoms in total. The summed E-state index contributed by atoms with van der Waals surface area (Å²) in [6.07, 6.45) is 4.50. The summed E-state index contributed by atoms with van der Waals surface area (Å²) in [7, 11) is -3.42. The normalized spacial score (nSPS) is 19.2. The summed E-state index contributed by atoms with van der Waals surface area (Å²) in [5.74, 6) is 0. The van der Waals surface area contributed by atoms with Crippen LogP contribution in [-0.4, -0.2) is 43.3 Å². The van der Waals surface area contributed by atoms with Gasteiger partial charge in [-0.2, -0.15) is 8.42 Å². The van der Waals surface area contributed by atoms with Gasteiger partial charge in [-0.3, -0.25) is 8.58 Å². The van der Waals surface area contributed by atoms with Crippen LogP contribution in [0.25, 0.3) is 16.7 Å². The van der Waals surface area contributed by atoms with Gasteiger partial charge in [0.05, 0.1) is 23.4 Å². The second-order valence-corrected chi connectivity index (χ2v) is 7.82. The Morgan fingerprint density at radius 2 is 2.08 bits per heavy atom. The largest absolute Gasteiger partial charge is 0.369 e. The van der Waals surface area contributed by atoms with Crippen molar-refractivity contribution in [2.45, 2.75) is 18.9 Å². The monoisotopic (exact) mass is 345 g/mol. The highest BCUT2D eigenvalue weighted by Crippen LogP contribution is 2.25. The number of pyridine rings is 1. The molecule has 0 bridgehead atoms. The molecule has 0 amide bonds. The van der Waals surface area contributed by atoms with Gasteiger partial charge in [0, 0.05) is 31.0 Å². The molecule has 1 atom stereocenters. The molecule has 126 valence electrons. The van der Waals surface area contributed by atoms with Crippen LogP contribution < -0.4 is 4.90 Å². The molecule has 1 saturated heterocycles. The van der Waals surface area contributed by atoms with E-state index in [4.69, 9.17) is 4.18 Å². The Morgan fingerprint density at radius 3 is 2.92 bits per heavy atom. The van der Waals surface area contributed by atoms with Crippen LogP contribution in [0.15, 0.2) is 42.6 Å². The molecule has 0 radical (unpaired) electrons. The van der Waals surface area contributed by atoms with Crippen molar-refractivity contribution in [3.05, 3.63) is 42.6 Å². The van der Waals surface area contributed by atoms with Crippen LogP contribution in [-0.2, 0) is 14.3 Å². The lowest BCUT2D eigenvalue weighted by atomic mass is 10.1. The lowest BCUT2D eigenvalue weighted by Gasteiger charge is -2.33. The molecular formula is C17H19N3O3S. The topological polar surface area (TPSA) is 63.9 Å². The predicted octanol–water partition coefficient (Wildman–Crippen LogP) is 2.43. The van der Waals surface area contributed by atoms with E-state index in [0.29, 0.717) is 6.54 Å². The Hall–Kier alpha value is -2.12. The van der Waals surface area contributed by atoms with E-state index >= 15 is 0 Å². The van der Waals surface area contributed by atoms with E-state index in [-0.39, 0.29) is 6.10 Å². The molecule has 0 N–H and O–H groups in total. The fraction of sp³-hybridized carbons (Fsp3) is 0.353. The number of anilines is 1. The molecule has 1 unspecified atom stereocenters. The van der Waals surface area contributed by atoms with Gasteiger partial charge in [-0.1, -0.05) is 12.1 Å². The number of rotatable bonds is 3. The van der Waals surface area contributed by atoms with E-state index in [1.54, 1.807) is 0 Å².